The first-order valence-electron chi connectivity index (χ1n) is 4.95. The van der Waals surface area contributed by atoms with Crippen LogP contribution in [0.2, 0.25) is 0 Å². The number of carboxylic acid groups (broad SMARTS) is 1. The van der Waals surface area contributed by atoms with Crippen LogP contribution in [0, 0.1) is 0 Å². The van der Waals surface area contributed by atoms with Gasteiger partial charge in [-0.25, -0.2) is 9.18 Å². The number of rotatable bonds is 3. The van der Waals surface area contributed by atoms with Gasteiger partial charge in [-0.1, -0.05) is 25.1 Å². The molecule has 0 aliphatic rings. The van der Waals surface area contributed by atoms with E-state index in [1.165, 1.54) is 6.92 Å². The topological polar surface area (TPSA) is 50.4 Å². The number of carbonyl (C=O) groups is 1. The third-order valence-electron chi connectivity index (χ3n) is 2.57. The van der Waals surface area contributed by atoms with Gasteiger partial charge in [-0.2, -0.15) is 0 Å². The molecule has 0 bridgehead atoms. The third-order valence-corrected chi connectivity index (χ3v) is 2.57. The van der Waals surface area contributed by atoms with Crippen molar-refractivity contribution in [3.63, 3.8) is 0 Å². The van der Waals surface area contributed by atoms with Gasteiger partial charge in [0.05, 0.1) is 5.92 Å². The Kier molecular flexibility index (Phi) is 2.64. The quantitative estimate of drug-likeness (QED) is 0.868. The van der Waals surface area contributed by atoms with E-state index in [2.05, 4.69) is 0 Å². The maximum Gasteiger partial charge on any atom is 0.339 e. The van der Waals surface area contributed by atoms with Crippen molar-refractivity contribution in [1.29, 1.82) is 0 Å². The number of para-hydroxylation sites is 1. The van der Waals surface area contributed by atoms with Crippen LogP contribution >= 0.6 is 0 Å². The molecule has 0 aliphatic carbocycles. The molecule has 0 aliphatic heterocycles. The molecule has 2 unspecified atom stereocenters. The smallest absolute Gasteiger partial charge is 0.339 e. The van der Waals surface area contributed by atoms with E-state index in [-0.39, 0.29) is 0 Å². The second-order valence-corrected chi connectivity index (χ2v) is 3.72. The van der Waals surface area contributed by atoms with Crippen LogP contribution in [0.1, 0.15) is 18.6 Å². The van der Waals surface area contributed by atoms with E-state index in [4.69, 9.17) is 9.52 Å². The Morgan fingerprint density at radius 3 is 2.75 bits per heavy atom. The Morgan fingerprint density at radius 1 is 1.44 bits per heavy atom. The van der Waals surface area contributed by atoms with Gasteiger partial charge in [0, 0.05) is 5.39 Å². The minimum absolute atomic E-state index is 0.358. The van der Waals surface area contributed by atoms with Gasteiger partial charge in [0.15, 0.2) is 0 Å². The van der Waals surface area contributed by atoms with E-state index >= 15 is 0 Å². The lowest BCUT2D eigenvalue weighted by atomic mass is 10.0. The van der Waals surface area contributed by atoms with Crippen LogP contribution in [0.25, 0.3) is 11.0 Å². The summed E-state index contributed by atoms with van der Waals surface area (Å²) in [5, 5.41) is 9.42. The first-order valence-corrected chi connectivity index (χ1v) is 4.95. The van der Waals surface area contributed by atoms with E-state index in [1.807, 2.05) is 18.2 Å². The highest BCUT2D eigenvalue weighted by atomic mass is 19.1. The Labute approximate surface area is 91.5 Å². The molecule has 0 fully saturated rings. The summed E-state index contributed by atoms with van der Waals surface area (Å²) in [6.45, 7) is 1.50. The first kappa shape index (κ1) is 10.7. The van der Waals surface area contributed by atoms with Crippen LogP contribution < -0.4 is 0 Å². The zero-order valence-electron chi connectivity index (χ0n) is 8.68. The molecule has 0 saturated carbocycles. The number of benzene rings is 1. The minimum atomic E-state index is -1.94. The fraction of sp³-hybridized carbons (Fsp3) is 0.250. The Balaban J connectivity index is 2.36. The van der Waals surface area contributed by atoms with Crippen LogP contribution in [0.15, 0.2) is 34.7 Å². The summed E-state index contributed by atoms with van der Waals surface area (Å²) in [6, 6.07) is 8.93. The average Bonchev–Trinajstić information content (AvgIpc) is 2.70. The van der Waals surface area contributed by atoms with Crippen LogP contribution in [0.3, 0.4) is 0 Å². The van der Waals surface area contributed by atoms with Gasteiger partial charge >= 0.3 is 5.97 Å². The maximum atomic E-state index is 13.3. The maximum absolute atomic E-state index is 13.3. The zero-order chi connectivity index (χ0) is 11.7. The molecule has 3 nitrogen and oxygen atoms in total. The van der Waals surface area contributed by atoms with Crippen LogP contribution in [-0.4, -0.2) is 17.2 Å². The number of halogens is 1. The van der Waals surface area contributed by atoms with Gasteiger partial charge in [0.2, 0.25) is 6.17 Å². The SMILES string of the molecule is CC(c1cc2ccccc2o1)C(F)C(=O)O. The lowest BCUT2D eigenvalue weighted by Gasteiger charge is -2.09. The lowest BCUT2D eigenvalue weighted by molar-refractivity contribution is -0.143. The highest BCUT2D eigenvalue weighted by Crippen LogP contribution is 2.28. The molecule has 0 amide bonds. The molecular weight excluding hydrogens is 211 g/mol. The fourth-order valence-corrected chi connectivity index (χ4v) is 1.58. The molecule has 0 saturated heterocycles. The largest absolute Gasteiger partial charge is 0.479 e. The number of hydrogen-bond acceptors (Lipinski definition) is 2. The molecule has 16 heavy (non-hydrogen) atoms. The van der Waals surface area contributed by atoms with Gasteiger partial charge in [-0.15, -0.1) is 0 Å². The van der Waals surface area contributed by atoms with Crippen molar-refractivity contribution in [2.24, 2.45) is 0 Å². The standard InChI is InChI=1S/C12H11FO3/c1-7(11(13)12(14)15)10-6-8-4-2-3-5-9(8)16-10/h2-7,11H,1H3,(H,14,15). The van der Waals surface area contributed by atoms with Crippen molar-refractivity contribution in [2.45, 2.75) is 19.0 Å². The molecular formula is C12H11FO3. The van der Waals surface area contributed by atoms with Gasteiger partial charge < -0.3 is 9.52 Å². The molecule has 0 radical (unpaired) electrons. The van der Waals surface area contributed by atoms with Gasteiger partial charge in [-0.3, -0.25) is 0 Å². The summed E-state index contributed by atoms with van der Waals surface area (Å²) in [5.74, 6) is -1.89. The first-order chi connectivity index (χ1) is 7.59. The summed E-state index contributed by atoms with van der Waals surface area (Å²) in [7, 11) is 0. The molecule has 4 heteroatoms. The fourth-order valence-electron chi connectivity index (χ4n) is 1.58. The highest BCUT2D eigenvalue weighted by molar-refractivity contribution is 5.78. The van der Waals surface area contributed by atoms with Crippen LogP contribution in [-0.2, 0) is 4.79 Å². The van der Waals surface area contributed by atoms with Crippen molar-refractivity contribution in [2.75, 3.05) is 0 Å². The number of hydrogen-bond donors (Lipinski definition) is 1. The van der Waals surface area contributed by atoms with Crippen LogP contribution in [0.4, 0.5) is 4.39 Å². The van der Waals surface area contributed by atoms with E-state index in [9.17, 15) is 9.18 Å². The minimum Gasteiger partial charge on any atom is -0.479 e. The second kappa shape index (κ2) is 3.96. The Hall–Kier alpha value is -1.84. The summed E-state index contributed by atoms with van der Waals surface area (Å²) < 4.78 is 18.7. The van der Waals surface area contributed by atoms with Gasteiger partial charge in [-0.05, 0) is 12.1 Å². The lowest BCUT2D eigenvalue weighted by Crippen LogP contribution is -2.20. The summed E-state index contributed by atoms with van der Waals surface area (Å²) in [5.41, 5.74) is 0.641. The molecule has 1 aromatic heterocycles. The van der Waals surface area contributed by atoms with Crippen molar-refractivity contribution in [1.82, 2.24) is 0 Å². The van der Waals surface area contributed by atoms with Crippen molar-refractivity contribution >= 4 is 16.9 Å². The molecule has 1 aromatic carbocycles. The molecule has 2 aromatic rings. The van der Waals surface area contributed by atoms with Crippen molar-refractivity contribution in [3.8, 4) is 0 Å². The zero-order valence-corrected chi connectivity index (χ0v) is 8.68. The predicted molar refractivity (Wildman–Crippen MR) is 57.2 cm³/mol. The number of aliphatic carboxylic acids is 1. The third kappa shape index (κ3) is 1.78. The molecule has 0 spiro atoms. The van der Waals surface area contributed by atoms with Gasteiger partial charge in [0.1, 0.15) is 11.3 Å². The normalized spacial score (nSPS) is 14.9. The predicted octanol–water partition coefficient (Wildman–Crippen LogP) is 2.96. The van der Waals surface area contributed by atoms with Gasteiger partial charge in [0.25, 0.3) is 0 Å². The summed E-state index contributed by atoms with van der Waals surface area (Å²) in [6.07, 6.45) is -1.94. The van der Waals surface area contributed by atoms with E-state index in [1.54, 1.807) is 12.1 Å². The number of alkyl halides is 1. The number of carboxylic acids is 1. The molecule has 1 heterocycles. The average molecular weight is 222 g/mol. The highest BCUT2D eigenvalue weighted by Gasteiger charge is 2.27. The molecule has 84 valence electrons. The van der Waals surface area contributed by atoms with Crippen LogP contribution in [0.5, 0.6) is 0 Å². The number of fused-ring (bicyclic) bond motifs is 1. The summed E-state index contributed by atoms with van der Waals surface area (Å²) >= 11 is 0. The van der Waals surface area contributed by atoms with E-state index in [0.29, 0.717) is 11.3 Å². The molecule has 2 atom stereocenters. The van der Waals surface area contributed by atoms with E-state index < -0.39 is 18.1 Å². The number of furan rings is 1. The van der Waals surface area contributed by atoms with E-state index in [0.717, 1.165) is 5.39 Å². The monoisotopic (exact) mass is 222 g/mol. The van der Waals surface area contributed by atoms with Crippen molar-refractivity contribution in [3.05, 3.63) is 36.1 Å². The Bertz CT molecular complexity index is 485. The molecule has 2 rings (SSSR count). The summed E-state index contributed by atoms with van der Waals surface area (Å²) in [4.78, 5) is 10.5. The molecule has 1 N–H and O–H groups in total. The van der Waals surface area contributed by atoms with Crippen molar-refractivity contribution < 1.29 is 18.7 Å². The second-order valence-electron chi connectivity index (χ2n) is 3.72. The Morgan fingerprint density at radius 2 is 2.12 bits per heavy atom.